The van der Waals surface area contributed by atoms with E-state index in [0.717, 1.165) is 0 Å². The topological polar surface area (TPSA) is 66.6 Å². The second-order valence-electron chi connectivity index (χ2n) is 5.40. The summed E-state index contributed by atoms with van der Waals surface area (Å²) < 4.78 is 44.8. The van der Waals surface area contributed by atoms with Crippen molar-refractivity contribution in [2.45, 2.75) is 6.61 Å². The third-order valence-electron chi connectivity index (χ3n) is 3.68. The highest BCUT2D eigenvalue weighted by atomic mass is 35.5. The Morgan fingerprint density at radius 2 is 1.82 bits per heavy atom. The molecular weight excluding hydrogens is 394 g/mol. The molecule has 0 spiro atoms. The summed E-state index contributed by atoms with van der Waals surface area (Å²) in [6, 6.07) is 11.6. The lowest BCUT2D eigenvalue weighted by molar-refractivity contribution is -0.0512. The van der Waals surface area contributed by atoms with Gasteiger partial charge in [0, 0.05) is 0 Å². The fraction of sp³-hybridized carbons (Fsp3) is 0.158. The van der Waals surface area contributed by atoms with Crippen LogP contribution >= 0.6 is 11.6 Å². The van der Waals surface area contributed by atoms with E-state index in [1.54, 1.807) is 25.3 Å². The highest BCUT2D eigenvalue weighted by molar-refractivity contribution is 6.50. The average molecular weight is 409 g/mol. The lowest BCUT2D eigenvalue weighted by Crippen LogP contribution is -2.03. The van der Waals surface area contributed by atoms with Crippen LogP contribution in [0, 0.1) is 0 Å². The molecule has 0 aliphatic carbocycles. The molecule has 0 fully saturated rings. The molecule has 0 saturated carbocycles. The summed E-state index contributed by atoms with van der Waals surface area (Å²) in [7, 11) is 2.89. The highest BCUT2D eigenvalue weighted by Gasteiger charge is 2.15. The Morgan fingerprint density at radius 3 is 2.54 bits per heavy atom. The van der Waals surface area contributed by atoms with Crippen molar-refractivity contribution in [3.05, 3.63) is 53.9 Å². The minimum absolute atomic E-state index is 0.0815. The van der Waals surface area contributed by atoms with E-state index in [1.807, 2.05) is 12.1 Å². The lowest BCUT2D eigenvalue weighted by Gasteiger charge is -2.10. The van der Waals surface area contributed by atoms with Crippen molar-refractivity contribution in [2.75, 3.05) is 14.2 Å². The van der Waals surface area contributed by atoms with Crippen molar-refractivity contribution in [2.24, 2.45) is 0 Å². The molecule has 1 heterocycles. The molecule has 0 saturated heterocycles. The van der Waals surface area contributed by atoms with Crippen molar-refractivity contribution < 1.29 is 27.5 Å². The number of para-hydroxylation sites is 1. The Kier molecular flexibility index (Phi) is 6.10. The van der Waals surface area contributed by atoms with Crippen LogP contribution in [0.4, 0.5) is 8.78 Å². The number of alkyl halides is 2. The minimum atomic E-state index is -2.95. The Morgan fingerprint density at radius 1 is 1.07 bits per heavy atom. The van der Waals surface area contributed by atoms with Gasteiger partial charge in [0.1, 0.15) is 10.8 Å². The van der Waals surface area contributed by atoms with Gasteiger partial charge in [-0.3, -0.25) is 0 Å². The number of nitrogens with zero attached hydrogens (tertiary/aromatic N) is 2. The van der Waals surface area contributed by atoms with Gasteiger partial charge < -0.3 is 18.7 Å². The van der Waals surface area contributed by atoms with Gasteiger partial charge in [0.2, 0.25) is 5.82 Å². The molecule has 0 radical (unpaired) electrons. The van der Waals surface area contributed by atoms with Crippen LogP contribution in [0.2, 0.25) is 0 Å². The van der Waals surface area contributed by atoms with Crippen LogP contribution in [0.3, 0.4) is 0 Å². The summed E-state index contributed by atoms with van der Waals surface area (Å²) in [4.78, 5) is 4.27. The van der Waals surface area contributed by atoms with E-state index in [1.165, 1.54) is 25.3 Å². The number of methoxy groups -OCH3 is 2. The third kappa shape index (κ3) is 4.40. The molecule has 1 aromatic heterocycles. The lowest BCUT2D eigenvalue weighted by atomic mass is 10.2. The molecule has 3 aromatic rings. The van der Waals surface area contributed by atoms with Gasteiger partial charge in [-0.2, -0.15) is 13.8 Å². The van der Waals surface area contributed by atoms with E-state index in [9.17, 15) is 8.78 Å². The second-order valence-corrected chi connectivity index (χ2v) is 5.81. The molecule has 2 aromatic carbocycles. The smallest absolute Gasteiger partial charge is 0.387 e. The summed E-state index contributed by atoms with van der Waals surface area (Å²) in [5.41, 5.74) is 1.22. The van der Waals surface area contributed by atoms with E-state index in [0.29, 0.717) is 22.7 Å². The molecule has 0 atom stereocenters. The SMILES string of the molecule is COc1cc(/C=C(\Cl)c2nc(-c3ccccc3OC)no2)ccc1OC(F)F. The Balaban J connectivity index is 1.87. The number of benzene rings is 2. The van der Waals surface area contributed by atoms with Gasteiger partial charge in [0.25, 0.3) is 5.89 Å². The predicted octanol–water partition coefficient (Wildman–Crippen LogP) is 5.09. The van der Waals surface area contributed by atoms with Crippen LogP contribution < -0.4 is 14.2 Å². The van der Waals surface area contributed by atoms with Crippen LogP contribution in [0.15, 0.2) is 47.0 Å². The molecule has 0 unspecified atom stereocenters. The highest BCUT2D eigenvalue weighted by Crippen LogP contribution is 2.32. The van der Waals surface area contributed by atoms with Crippen LogP contribution in [-0.2, 0) is 0 Å². The van der Waals surface area contributed by atoms with E-state index in [-0.39, 0.29) is 22.4 Å². The normalized spacial score (nSPS) is 11.6. The number of aromatic nitrogens is 2. The van der Waals surface area contributed by atoms with Crippen LogP contribution in [0.1, 0.15) is 11.5 Å². The fourth-order valence-corrected chi connectivity index (χ4v) is 2.64. The average Bonchev–Trinajstić information content (AvgIpc) is 3.19. The van der Waals surface area contributed by atoms with Crippen molar-refractivity contribution in [1.82, 2.24) is 10.1 Å². The summed E-state index contributed by atoms with van der Waals surface area (Å²) in [6.07, 6.45) is 1.54. The molecule has 0 amide bonds. The van der Waals surface area contributed by atoms with E-state index < -0.39 is 6.61 Å². The second kappa shape index (κ2) is 8.71. The first-order valence-electron chi connectivity index (χ1n) is 7.99. The first-order chi connectivity index (χ1) is 13.5. The summed E-state index contributed by atoms with van der Waals surface area (Å²) >= 11 is 6.28. The number of rotatable bonds is 7. The van der Waals surface area contributed by atoms with Gasteiger partial charge in [0.15, 0.2) is 11.5 Å². The summed E-state index contributed by atoms with van der Waals surface area (Å²) in [5, 5.41) is 4.08. The summed E-state index contributed by atoms with van der Waals surface area (Å²) in [5.74, 6) is 1.06. The van der Waals surface area contributed by atoms with Crippen molar-refractivity contribution in [1.29, 1.82) is 0 Å². The first kappa shape index (κ1) is 19.6. The maximum atomic E-state index is 12.4. The number of hydrogen-bond acceptors (Lipinski definition) is 6. The number of ether oxygens (including phenoxy) is 3. The maximum absolute atomic E-state index is 12.4. The van der Waals surface area contributed by atoms with Crippen LogP contribution in [-0.4, -0.2) is 31.0 Å². The molecule has 6 nitrogen and oxygen atoms in total. The zero-order valence-electron chi connectivity index (χ0n) is 14.9. The molecule has 9 heteroatoms. The predicted molar refractivity (Wildman–Crippen MR) is 99.6 cm³/mol. The van der Waals surface area contributed by atoms with Crippen molar-refractivity contribution >= 4 is 22.7 Å². The van der Waals surface area contributed by atoms with Crippen molar-refractivity contribution in [3.8, 4) is 28.6 Å². The van der Waals surface area contributed by atoms with Gasteiger partial charge in [-0.05, 0) is 35.9 Å². The molecule has 0 N–H and O–H groups in total. The van der Waals surface area contributed by atoms with E-state index in [4.69, 9.17) is 25.6 Å². The molecule has 0 bridgehead atoms. The zero-order valence-corrected chi connectivity index (χ0v) is 15.6. The molecule has 0 aliphatic heterocycles. The molecule has 28 heavy (non-hydrogen) atoms. The number of hydrogen-bond donors (Lipinski definition) is 0. The Bertz CT molecular complexity index is 992. The maximum Gasteiger partial charge on any atom is 0.387 e. The molecule has 146 valence electrons. The standard InChI is InChI=1S/C19H15ClF2N2O4/c1-25-14-6-4-3-5-12(14)17-23-18(28-24-17)13(20)9-11-7-8-15(27-19(21)22)16(10-11)26-2/h3-10,19H,1-2H3/b13-9-. The van der Waals surface area contributed by atoms with Gasteiger partial charge >= 0.3 is 6.61 Å². The monoisotopic (exact) mass is 408 g/mol. The van der Waals surface area contributed by atoms with Gasteiger partial charge in [0.05, 0.1) is 19.8 Å². The Labute approximate surface area is 164 Å². The van der Waals surface area contributed by atoms with Crippen LogP contribution in [0.25, 0.3) is 22.5 Å². The first-order valence-corrected chi connectivity index (χ1v) is 8.37. The Hall–Kier alpha value is -3.13. The zero-order chi connectivity index (χ0) is 20.1. The van der Waals surface area contributed by atoms with E-state index >= 15 is 0 Å². The van der Waals surface area contributed by atoms with Crippen molar-refractivity contribution in [3.63, 3.8) is 0 Å². The molecule has 3 rings (SSSR count). The van der Waals surface area contributed by atoms with Crippen LogP contribution in [0.5, 0.6) is 17.2 Å². The van der Waals surface area contributed by atoms with E-state index in [2.05, 4.69) is 14.9 Å². The number of halogens is 3. The van der Waals surface area contributed by atoms with Gasteiger partial charge in [-0.25, -0.2) is 0 Å². The summed E-state index contributed by atoms with van der Waals surface area (Å²) in [6.45, 7) is -2.95. The van der Waals surface area contributed by atoms with Gasteiger partial charge in [-0.15, -0.1) is 0 Å². The third-order valence-corrected chi connectivity index (χ3v) is 3.95. The quantitative estimate of drug-likeness (QED) is 0.542. The largest absolute Gasteiger partial charge is 0.496 e. The fourth-order valence-electron chi connectivity index (χ4n) is 2.43. The molecule has 0 aliphatic rings. The minimum Gasteiger partial charge on any atom is -0.496 e. The molecular formula is C19H15ClF2N2O4. The van der Waals surface area contributed by atoms with Gasteiger partial charge in [-0.1, -0.05) is 35.0 Å².